The quantitative estimate of drug-likeness (QED) is 0.535. The minimum atomic E-state index is 0.00579. The molecule has 0 spiro atoms. The zero-order valence-electron chi connectivity index (χ0n) is 6.53. The average Bonchev–Trinajstić information content (AvgIpc) is 2.12. The van der Waals surface area contributed by atoms with Gasteiger partial charge in [0.2, 0.25) is 5.91 Å². The lowest BCUT2D eigenvalue weighted by Crippen LogP contribution is -2.46. The lowest BCUT2D eigenvalue weighted by molar-refractivity contribution is -0.120. The van der Waals surface area contributed by atoms with Gasteiger partial charge in [-0.15, -0.1) is 0 Å². The molecule has 1 heterocycles. The lowest BCUT2D eigenvalue weighted by Gasteiger charge is -2.23. The molecule has 58 valence electrons. The van der Waals surface area contributed by atoms with Crippen LogP contribution in [-0.4, -0.2) is 24.5 Å². The predicted octanol–water partition coefficient (Wildman–Crippen LogP) is -0.125. The summed E-state index contributed by atoms with van der Waals surface area (Å²) in [5, 5.41) is 6.12. The Morgan fingerprint density at radius 3 is 2.80 bits per heavy atom. The van der Waals surface area contributed by atoms with Gasteiger partial charge in [-0.3, -0.25) is 4.79 Å². The maximum atomic E-state index is 10.7. The van der Waals surface area contributed by atoms with Gasteiger partial charge in [0.25, 0.3) is 0 Å². The van der Waals surface area contributed by atoms with Gasteiger partial charge in [-0.05, 0) is 19.9 Å². The summed E-state index contributed by atoms with van der Waals surface area (Å²) in [6.07, 6.45) is 1.03. The Morgan fingerprint density at radius 1 is 1.70 bits per heavy atom. The van der Waals surface area contributed by atoms with Crippen molar-refractivity contribution in [2.45, 2.75) is 25.8 Å². The van der Waals surface area contributed by atoms with Crippen molar-refractivity contribution in [1.29, 1.82) is 0 Å². The van der Waals surface area contributed by atoms with Crippen LogP contribution in [0.3, 0.4) is 0 Å². The van der Waals surface area contributed by atoms with E-state index in [9.17, 15) is 4.79 Å². The van der Waals surface area contributed by atoms with Gasteiger partial charge < -0.3 is 10.6 Å². The number of carbonyl (C=O) groups excluding carboxylic acids is 1. The summed E-state index contributed by atoms with van der Waals surface area (Å²) in [5.41, 5.74) is 0.00579. The molecule has 0 aliphatic carbocycles. The number of hydrogen-bond acceptors (Lipinski definition) is 2. The lowest BCUT2D eigenvalue weighted by atomic mass is 10.0. The number of rotatable bonds is 1. The summed E-state index contributed by atoms with van der Waals surface area (Å²) in [6, 6.07) is 0. The molecular formula is C7H14N2O. The molecule has 1 fully saturated rings. The first kappa shape index (κ1) is 7.54. The number of amides is 1. The van der Waals surface area contributed by atoms with E-state index in [4.69, 9.17) is 0 Å². The molecule has 0 aromatic heterocycles. The van der Waals surface area contributed by atoms with Gasteiger partial charge in [0.1, 0.15) is 0 Å². The van der Waals surface area contributed by atoms with Crippen molar-refractivity contribution in [2.24, 2.45) is 0 Å². The van der Waals surface area contributed by atoms with Gasteiger partial charge in [-0.2, -0.15) is 0 Å². The van der Waals surface area contributed by atoms with Crippen molar-refractivity contribution in [3.05, 3.63) is 0 Å². The van der Waals surface area contributed by atoms with E-state index in [1.165, 1.54) is 0 Å². The fraction of sp³-hybridized carbons (Fsp3) is 0.857. The molecular weight excluding hydrogens is 128 g/mol. The van der Waals surface area contributed by atoms with Crippen molar-refractivity contribution >= 4 is 5.91 Å². The Morgan fingerprint density at radius 2 is 2.40 bits per heavy atom. The van der Waals surface area contributed by atoms with Gasteiger partial charge in [-0.1, -0.05) is 0 Å². The molecule has 1 amide bonds. The maximum absolute atomic E-state index is 10.7. The highest BCUT2D eigenvalue weighted by Crippen LogP contribution is 2.12. The Kier molecular flexibility index (Phi) is 1.94. The third-order valence-corrected chi connectivity index (χ3v) is 1.85. The zero-order chi connectivity index (χ0) is 7.61. The summed E-state index contributed by atoms with van der Waals surface area (Å²) in [7, 11) is 0. The molecule has 1 saturated heterocycles. The highest BCUT2D eigenvalue weighted by molar-refractivity contribution is 5.73. The zero-order valence-corrected chi connectivity index (χ0v) is 6.53. The molecule has 1 rings (SSSR count). The topological polar surface area (TPSA) is 41.1 Å². The molecule has 2 N–H and O–H groups in total. The molecule has 1 aliphatic rings. The highest BCUT2D eigenvalue weighted by atomic mass is 16.1. The molecule has 0 aromatic rings. The molecule has 0 aromatic carbocycles. The van der Waals surface area contributed by atoms with Gasteiger partial charge in [-0.25, -0.2) is 0 Å². The Hall–Kier alpha value is -0.570. The summed E-state index contributed by atoms with van der Waals surface area (Å²) in [6.45, 7) is 5.53. The van der Waals surface area contributed by atoms with Crippen LogP contribution in [0.25, 0.3) is 0 Å². The number of carbonyl (C=O) groups is 1. The van der Waals surface area contributed by atoms with Crippen LogP contribution in [0.1, 0.15) is 20.3 Å². The minimum Gasteiger partial charge on any atom is -0.350 e. The summed E-state index contributed by atoms with van der Waals surface area (Å²) in [5.74, 6) is 0.0613. The van der Waals surface area contributed by atoms with Crippen molar-refractivity contribution in [3.63, 3.8) is 0 Å². The van der Waals surface area contributed by atoms with Gasteiger partial charge in [0.15, 0.2) is 0 Å². The second-order valence-electron chi connectivity index (χ2n) is 3.17. The number of hydrogen-bond donors (Lipinski definition) is 2. The van der Waals surface area contributed by atoms with Crippen LogP contribution in [0, 0.1) is 0 Å². The Labute approximate surface area is 61.2 Å². The highest BCUT2D eigenvalue weighted by Gasteiger charge is 2.28. The molecule has 1 aliphatic heterocycles. The first-order valence-electron chi connectivity index (χ1n) is 3.62. The van der Waals surface area contributed by atoms with E-state index in [2.05, 4.69) is 17.6 Å². The Bertz CT molecular complexity index is 139. The minimum absolute atomic E-state index is 0.00579. The third-order valence-electron chi connectivity index (χ3n) is 1.85. The van der Waals surface area contributed by atoms with Gasteiger partial charge in [0, 0.05) is 13.5 Å². The SMILES string of the molecule is CC(=O)N[C@@]1(C)CCNC1. The second kappa shape index (κ2) is 2.58. The summed E-state index contributed by atoms with van der Waals surface area (Å²) >= 11 is 0. The molecule has 3 heteroatoms. The van der Waals surface area contributed by atoms with Crippen LogP contribution >= 0.6 is 0 Å². The largest absolute Gasteiger partial charge is 0.350 e. The van der Waals surface area contributed by atoms with Gasteiger partial charge in [0.05, 0.1) is 5.54 Å². The van der Waals surface area contributed by atoms with Crippen molar-refractivity contribution in [1.82, 2.24) is 10.6 Å². The molecule has 0 unspecified atom stereocenters. The van der Waals surface area contributed by atoms with Crippen molar-refractivity contribution in [3.8, 4) is 0 Å². The van der Waals surface area contributed by atoms with Crippen LogP contribution < -0.4 is 10.6 Å². The third kappa shape index (κ3) is 1.70. The van der Waals surface area contributed by atoms with Crippen LogP contribution in [0.15, 0.2) is 0 Å². The molecule has 3 nitrogen and oxygen atoms in total. The fourth-order valence-corrected chi connectivity index (χ4v) is 1.35. The van der Waals surface area contributed by atoms with E-state index in [1.807, 2.05) is 0 Å². The molecule has 1 atom stereocenters. The Balaban J connectivity index is 2.43. The van der Waals surface area contributed by atoms with Crippen LogP contribution in [-0.2, 0) is 4.79 Å². The smallest absolute Gasteiger partial charge is 0.217 e. The average molecular weight is 142 g/mol. The van der Waals surface area contributed by atoms with Crippen LogP contribution in [0.5, 0.6) is 0 Å². The maximum Gasteiger partial charge on any atom is 0.217 e. The standard InChI is InChI=1S/C7H14N2O/c1-6(10)9-7(2)3-4-8-5-7/h8H,3-5H2,1-2H3,(H,9,10)/t7-/m0/s1. The normalized spacial score (nSPS) is 32.2. The van der Waals surface area contributed by atoms with Gasteiger partial charge >= 0.3 is 0 Å². The fourth-order valence-electron chi connectivity index (χ4n) is 1.35. The first-order valence-corrected chi connectivity index (χ1v) is 3.62. The first-order chi connectivity index (χ1) is 4.62. The van der Waals surface area contributed by atoms with E-state index in [0.29, 0.717) is 0 Å². The van der Waals surface area contributed by atoms with Crippen LogP contribution in [0.2, 0.25) is 0 Å². The summed E-state index contributed by atoms with van der Waals surface area (Å²) < 4.78 is 0. The van der Waals surface area contributed by atoms with Crippen molar-refractivity contribution < 1.29 is 4.79 Å². The van der Waals surface area contributed by atoms with E-state index >= 15 is 0 Å². The van der Waals surface area contributed by atoms with E-state index in [1.54, 1.807) is 6.92 Å². The predicted molar refractivity (Wildman–Crippen MR) is 39.7 cm³/mol. The van der Waals surface area contributed by atoms with E-state index in [0.717, 1.165) is 19.5 Å². The van der Waals surface area contributed by atoms with Crippen molar-refractivity contribution in [2.75, 3.05) is 13.1 Å². The molecule has 10 heavy (non-hydrogen) atoms. The summed E-state index contributed by atoms with van der Waals surface area (Å²) in [4.78, 5) is 10.7. The molecule has 0 bridgehead atoms. The monoisotopic (exact) mass is 142 g/mol. The number of nitrogens with one attached hydrogen (secondary N) is 2. The second-order valence-corrected chi connectivity index (χ2v) is 3.17. The van der Waals surface area contributed by atoms with E-state index in [-0.39, 0.29) is 11.4 Å². The molecule has 0 radical (unpaired) electrons. The van der Waals surface area contributed by atoms with E-state index < -0.39 is 0 Å². The molecule has 0 saturated carbocycles. The van der Waals surface area contributed by atoms with Crippen LogP contribution in [0.4, 0.5) is 0 Å².